The summed E-state index contributed by atoms with van der Waals surface area (Å²) < 4.78 is 27.6. The van der Waals surface area contributed by atoms with Crippen LogP contribution in [0.5, 0.6) is 23.0 Å². The highest BCUT2D eigenvalue weighted by Crippen LogP contribution is 2.41. The van der Waals surface area contributed by atoms with Crippen LogP contribution in [0.3, 0.4) is 0 Å². The Hall–Kier alpha value is -4.39. The number of amides is 1. The van der Waals surface area contributed by atoms with Gasteiger partial charge in [0.05, 0.1) is 40.4 Å². The quantitative estimate of drug-likeness (QED) is 0.286. The fraction of sp³-hybridized carbons (Fsp3) is 0.207. The van der Waals surface area contributed by atoms with Gasteiger partial charge in [-0.25, -0.2) is 0 Å². The smallest absolute Gasteiger partial charge is 0.248 e. The zero-order chi connectivity index (χ0) is 25.8. The molecule has 3 aromatic carbocycles. The largest absolute Gasteiger partial charge is 0.497 e. The zero-order valence-corrected chi connectivity index (χ0v) is 21.2. The molecule has 0 saturated carbocycles. The van der Waals surface area contributed by atoms with E-state index in [-0.39, 0.29) is 5.91 Å². The van der Waals surface area contributed by atoms with Gasteiger partial charge in [-0.05, 0) is 55.3 Å². The minimum Gasteiger partial charge on any atom is -0.497 e. The van der Waals surface area contributed by atoms with Crippen molar-refractivity contribution in [2.75, 3.05) is 33.8 Å². The Balaban J connectivity index is 1.74. The monoisotopic (exact) mass is 487 g/mol. The molecule has 0 bridgehead atoms. The van der Waals surface area contributed by atoms with Gasteiger partial charge in [-0.15, -0.1) is 0 Å². The number of nitrogens with one attached hydrogen (secondary N) is 1. The fourth-order valence-corrected chi connectivity index (χ4v) is 4.22. The second kappa shape index (κ2) is 10.5. The molecule has 1 amide bonds. The molecule has 1 N–H and O–H groups in total. The lowest BCUT2D eigenvalue weighted by atomic mass is 9.96. The number of furan rings is 1. The summed E-state index contributed by atoms with van der Waals surface area (Å²) in [6.45, 7) is 3.82. The summed E-state index contributed by atoms with van der Waals surface area (Å²) in [5.41, 5.74) is 5.57. The third kappa shape index (κ3) is 4.73. The van der Waals surface area contributed by atoms with Crippen molar-refractivity contribution >= 4 is 28.1 Å². The molecular weight excluding hydrogens is 458 g/mol. The van der Waals surface area contributed by atoms with Crippen LogP contribution in [0.15, 0.2) is 65.3 Å². The molecular formula is C29H29NO6. The first-order valence-electron chi connectivity index (χ1n) is 11.3. The standard InChI is InChI=1S/C29H29NO6/c1-17(13-27(31)30-25-14-21(33-4)11-12-26(25)34-5)22-15-23-24(19-7-9-20(32-3)10-8-19)16-36-29(23)18(2)28(22)35-6/h7-16H,1-6H3,(H,30,31)/b17-13+. The molecule has 0 aliphatic heterocycles. The maximum atomic E-state index is 13.0. The number of aryl methyl sites for hydroxylation is 1. The molecule has 0 atom stereocenters. The van der Waals surface area contributed by atoms with Crippen LogP contribution >= 0.6 is 0 Å². The van der Waals surface area contributed by atoms with Gasteiger partial charge in [0.2, 0.25) is 5.91 Å². The molecule has 4 rings (SSSR count). The predicted molar refractivity (Wildman–Crippen MR) is 141 cm³/mol. The topological polar surface area (TPSA) is 79.2 Å². The minimum atomic E-state index is -0.304. The number of anilines is 1. The number of fused-ring (bicyclic) bond motifs is 1. The Morgan fingerprint density at radius 1 is 0.889 bits per heavy atom. The highest BCUT2D eigenvalue weighted by molar-refractivity contribution is 6.06. The molecule has 0 saturated heterocycles. The number of allylic oxidation sites excluding steroid dienone is 1. The van der Waals surface area contributed by atoms with Crippen molar-refractivity contribution < 1.29 is 28.2 Å². The lowest BCUT2D eigenvalue weighted by Crippen LogP contribution is -2.10. The second-order valence-corrected chi connectivity index (χ2v) is 8.22. The molecule has 0 spiro atoms. The summed E-state index contributed by atoms with van der Waals surface area (Å²) in [6, 6.07) is 15.0. The van der Waals surface area contributed by atoms with Gasteiger partial charge >= 0.3 is 0 Å². The summed E-state index contributed by atoms with van der Waals surface area (Å²) in [4.78, 5) is 13.0. The van der Waals surface area contributed by atoms with E-state index in [2.05, 4.69) is 5.32 Å². The van der Waals surface area contributed by atoms with Gasteiger partial charge in [-0.1, -0.05) is 12.1 Å². The van der Waals surface area contributed by atoms with Crippen LogP contribution in [0, 0.1) is 6.92 Å². The number of benzene rings is 3. The van der Waals surface area contributed by atoms with Gasteiger partial charge in [0.25, 0.3) is 0 Å². The van der Waals surface area contributed by atoms with Crippen LogP contribution in [-0.2, 0) is 4.79 Å². The van der Waals surface area contributed by atoms with Crippen LogP contribution in [0.25, 0.3) is 27.7 Å². The van der Waals surface area contributed by atoms with Crippen LogP contribution in [0.2, 0.25) is 0 Å². The molecule has 7 nitrogen and oxygen atoms in total. The molecule has 0 unspecified atom stereocenters. The van der Waals surface area contributed by atoms with E-state index >= 15 is 0 Å². The summed E-state index contributed by atoms with van der Waals surface area (Å²) in [5, 5.41) is 3.80. The van der Waals surface area contributed by atoms with Crippen molar-refractivity contribution in [3.8, 4) is 34.1 Å². The predicted octanol–water partition coefficient (Wildman–Crippen LogP) is 6.48. The van der Waals surface area contributed by atoms with Crippen LogP contribution in [-0.4, -0.2) is 34.3 Å². The molecule has 0 fully saturated rings. The van der Waals surface area contributed by atoms with Gasteiger partial charge in [-0.3, -0.25) is 4.79 Å². The van der Waals surface area contributed by atoms with Crippen LogP contribution in [0.4, 0.5) is 5.69 Å². The van der Waals surface area contributed by atoms with E-state index in [1.165, 1.54) is 6.08 Å². The van der Waals surface area contributed by atoms with Crippen molar-refractivity contribution in [1.29, 1.82) is 0 Å². The number of methoxy groups -OCH3 is 4. The van der Waals surface area contributed by atoms with Crippen LogP contribution in [0.1, 0.15) is 18.1 Å². The number of hydrogen-bond acceptors (Lipinski definition) is 6. The number of rotatable bonds is 8. The van der Waals surface area contributed by atoms with E-state index in [0.717, 1.165) is 44.5 Å². The van der Waals surface area contributed by atoms with Crippen molar-refractivity contribution in [1.82, 2.24) is 0 Å². The average Bonchev–Trinajstić information content (AvgIpc) is 3.32. The second-order valence-electron chi connectivity index (χ2n) is 8.22. The molecule has 4 aromatic rings. The summed E-state index contributed by atoms with van der Waals surface area (Å²) in [5.74, 6) is 2.27. The Morgan fingerprint density at radius 2 is 1.58 bits per heavy atom. The maximum Gasteiger partial charge on any atom is 0.248 e. The number of carbonyl (C=O) groups is 1. The third-order valence-electron chi connectivity index (χ3n) is 6.09. The summed E-state index contributed by atoms with van der Waals surface area (Å²) in [7, 11) is 6.37. The summed E-state index contributed by atoms with van der Waals surface area (Å²) >= 11 is 0. The van der Waals surface area contributed by atoms with E-state index in [0.29, 0.717) is 22.9 Å². The number of carbonyl (C=O) groups excluding carboxylic acids is 1. The van der Waals surface area contributed by atoms with Crippen molar-refractivity contribution in [3.05, 3.63) is 72.0 Å². The SMILES string of the molecule is COc1ccc(-c2coc3c(C)c(OC)c(/C(C)=C/C(=O)Nc4cc(OC)ccc4OC)cc23)cc1. The van der Waals surface area contributed by atoms with E-state index in [1.54, 1.807) is 52.9 Å². The number of ether oxygens (including phenoxy) is 4. The normalized spacial score (nSPS) is 11.3. The van der Waals surface area contributed by atoms with E-state index in [4.69, 9.17) is 23.4 Å². The Labute approximate surface area is 210 Å². The fourth-order valence-electron chi connectivity index (χ4n) is 4.22. The van der Waals surface area contributed by atoms with E-state index in [1.807, 2.05) is 44.2 Å². The third-order valence-corrected chi connectivity index (χ3v) is 6.09. The van der Waals surface area contributed by atoms with Gasteiger partial charge in [-0.2, -0.15) is 0 Å². The number of hydrogen-bond donors (Lipinski definition) is 1. The molecule has 0 radical (unpaired) electrons. The van der Waals surface area contributed by atoms with Crippen molar-refractivity contribution in [2.24, 2.45) is 0 Å². The van der Waals surface area contributed by atoms with Crippen molar-refractivity contribution in [2.45, 2.75) is 13.8 Å². The van der Waals surface area contributed by atoms with E-state index < -0.39 is 0 Å². The maximum absolute atomic E-state index is 13.0. The zero-order valence-electron chi connectivity index (χ0n) is 21.2. The van der Waals surface area contributed by atoms with Gasteiger partial charge < -0.3 is 28.7 Å². The molecule has 7 heteroatoms. The van der Waals surface area contributed by atoms with Crippen molar-refractivity contribution in [3.63, 3.8) is 0 Å². The first-order valence-corrected chi connectivity index (χ1v) is 11.3. The lowest BCUT2D eigenvalue weighted by Gasteiger charge is -2.14. The Kier molecular flexibility index (Phi) is 7.20. The highest BCUT2D eigenvalue weighted by Gasteiger charge is 2.19. The molecule has 1 aromatic heterocycles. The highest BCUT2D eigenvalue weighted by atomic mass is 16.5. The van der Waals surface area contributed by atoms with Gasteiger partial charge in [0.1, 0.15) is 28.6 Å². The molecule has 1 heterocycles. The first-order chi connectivity index (χ1) is 17.4. The lowest BCUT2D eigenvalue weighted by molar-refractivity contribution is -0.111. The van der Waals surface area contributed by atoms with Crippen LogP contribution < -0.4 is 24.3 Å². The Bertz CT molecular complexity index is 1430. The van der Waals surface area contributed by atoms with Gasteiger partial charge in [0.15, 0.2) is 0 Å². The summed E-state index contributed by atoms with van der Waals surface area (Å²) in [6.07, 6.45) is 3.28. The average molecular weight is 488 g/mol. The molecule has 186 valence electrons. The molecule has 0 aliphatic rings. The Morgan fingerprint density at radius 3 is 2.22 bits per heavy atom. The van der Waals surface area contributed by atoms with Gasteiger partial charge in [0, 0.05) is 34.2 Å². The first kappa shape index (κ1) is 24.7. The van der Waals surface area contributed by atoms with E-state index in [9.17, 15) is 4.79 Å². The molecule has 0 aliphatic carbocycles. The molecule has 36 heavy (non-hydrogen) atoms. The minimum absolute atomic E-state index is 0.304.